The zero-order valence-electron chi connectivity index (χ0n) is 7.73. The molecule has 0 radical (unpaired) electrons. The molecule has 0 amide bonds. The van der Waals surface area contributed by atoms with E-state index in [1.54, 1.807) is 6.92 Å². The molecule has 0 aromatic carbocycles. The van der Waals surface area contributed by atoms with E-state index in [0.717, 1.165) is 11.1 Å². The van der Waals surface area contributed by atoms with Gasteiger partial charge in [-0.3, -0.25) is 0 Å². The van der Waals surface area contributed by atoms with Gasteiger partial charge in [0.05, 0.1) is 0 Å². The van der Waals surface area contributed by atoms with Crippen molar-refractivity contribution < 1.29 is 5.11 Å². The van der Waals surface area contributed by atoms with Crippen LogP contribution in [0.3, 0.4) is 0 Å². The average Bonchev–Trinajstić information content (AvgIpc) is 2.00. The molecule has 0 bridgehead atoms. The van der Waals surface area contributed by atoms with Crippen LogP contribution in [0.2, 0.25) is 0 Å². The molecular formula is C10H16O. The third kappa shape index (κ3) is 2.62. The summed E-state index contributed by atoms with van der Waals surface area (Å²) < 4.78 is 0. The zero-order valence-corrected chi connectivity index (χ0v) is 7.73. The maximum absolute atomic E-state index is 9.44. The first-order valence-corrected chi connectivity index (χ1v) is 3.69. The summed E-state index contributed by atoms with van der Waals surface area (Å²) in [6.45, 7) is 11.3. The number of aliphatic hydroxyl groups is 1. The van der Waals surface area contributed by atoms with Crippen molar-refractivity contribution in [3.8, 4) is 0 Å². The van der Waals surface area contributed by atoms with Crippen LogP contribution in [0.25, 0.3) is 0 Å². The Morgan fingerprint density at radius 1 is 1.27 bits per heavy atom. The summed E-state index contributed by atoms with van der Waals surface area (Å²) in [6, 6.07) is 0. The van der Waals surface area contributed by atoms with E-state index >= 15 is 0 Å². The molecule has 0 aromatic rings. The van der Waals surface area contributed by atoms with Gasteiger partial charge in [0.25, 0.3) is 0 Å². The standard InChI is InChI=1S/C10H16O/c1-6-8(4)9(5)10(11)7(2)3/h6,11H,2H2,1,3-5H3/b8-6-,10-9+. The highest BCUT2D eigenvalue weighted by molar-refractivity contribution is 5.36. The van der Waals surface area contributed by atoms with Crippen molar-refractivity contribution in [2.75, 3.05) is 0 Å². The number of allylic oxidation sites excluding steroid dienone is 4. The van der Waals surface area contributed by atoms with Gasteiger partial charge in [-0.15, -0.1) is 0 Å². The Labute approximate surface area is 68.7 Å². The minimum absolute atomic E-state index is 0.306. The zero-order chi connectivity index (χ0) is 9.02. The smallest absolute Gasteiger partial charge is 0.121 e. The van der Waals surface area contributed by atoms with Crippen LogP contribution < -0.4 is 0 Å². The maximum Gasteiger partial charge on any atom is 0.121 e. The van der Waals surface area contributed by atoms with E-state index in [4.69, 9.17) is 0 Å². The number of hydrogen-bond acceptors (Lipinski definition) is 1. The monoisotopic (exact) mass is 152 g/mol. The van der Waals surface area contributed by atoms with Crippen molar-refractivity contribution in [1.82, 2.24) is 0 Å². The Hall–Kier alpha value is -0.980. The average molecular weight is 152 g/mol. The van der Waals surface area contributed by atoms with Gasteiger partial charge in [-0.1, -0.05) is 12.7 Å². The van der Waals surface area contributed by atoms with Gasteiger partial charge >= 0.3 is 0 Å². The summed E-state index contributed by atoms with van der Waals surface area (Å²) in [5.74, 6) is 0.306. The van der Waals surface area contributed by atoms with Crippen LogP contribution in [0.1, 0.15) is 27.7 Å². The summed E-state index contributed by atoms with van der Waals surface area (Å²) in [5.41, 5.74) is 2.70. The van der Waals surface area contributed by atoms with Gasteiger partial charge in [0.2, 0.25) is 0 Å². The van der Waals surface area contributed by atoms with Crippen molar-refractivity contribution in [1.29, 1.82) is 0 Å². The lowest BCUT2D eigenvalue weighted by Gasteiger charge is -2.05. The lowest BCUT2D eigenvalue weighted by Crippen LogP contribution is -1.89. The van der Waals surface area contributed by atoms with E-state index < -0.39 is 0 Å². The predicted molar refractivity (Wildman–Crippen MR) is 49.6 cm³/mol. The lowest BCUT2D eigenvalue weighted by molar-refractivity contribution is 0.418. The van der Waals surface area contributed by atoms with E-state index in [1.807, 2.05) is 26.8 Å². The molecule has 1 N–H and O–H groups in total. The number of aliphatic hydroxyl groups excluding tert-OH is 1. The van der Waals surface area contributed by atoms with Crippen molar-refractivity contribution in [3.63, 3.8) is 0 Å². The molecule has 0 fully saturated rings. The Kier molecular flexibility index (Phi) is 3.66. The van der Waals surface area contributed by atoms with Crippen molar-refractivity contribution in [3.05, 3.63) is 35.1 Å². The third-order valence-corrected chi connectivity index (χ3v) is 1.78. The van der Waals surface area contributed by atoms with Crippen molar-refractivity contribution >= 4 is 0 Å². The van der Waals surface area contributed by atoms with Crippen molar-refractivity contribution in [2.24, 2.45) is 0 Å². The molecule has 0 spiro atoms. The quantitative estimate of drug-likeness (QED) is 0.475. The third-order valence-electron chi connectivity index (χ3n) is 1.78. The topological polar surface area (TPSA) is 20.2 Å². The van der Waals surface area contributed by atoms with Crippen LogP contribution in [-0.2, 0) is 0 Å². The maximum atomic E-state index is 9.44. The minimum atomic E-state index is 0.306. The van der Waals surface area contributed by atoms with Crippen LogP contribution >= 0.6 is 0 Å². The van der Waals surface area contributed by atoms with Gasteiger partial charge in [-0.25, -0.2) is 0 Å². The fourth-order valence-electron chi connectivity index (χ4n) is 0.723. The van der Waals surface area contributed by atoms with Crippen LogP contribution in [0.4, 0.5) is 0 Å². The molecule has 0 saturated carbocycles. The first-order valence-electron chi connectivity index (χ1n) is 3.69. The molecule has 0 unspecified atom stereocenters. The molecule has 11 heavy (non-hydrogen) atoms. The van der Waals surface area contributed by atoms with E-state index in [9.17, 15) is 5.11 Å². The Bertz CT molecular complexity index is 219. The highest BCUT2D eigenvalue weighted by atomic mass is 16.3. The Morgan fingerprint density at radius 3 is 2.00 bits per heavy atom. The highest BCUT2D eigenvalue weighted by Gasteiger charge is 2.01. The van der Waals surface area contributed by atoms with E-state index in [0.29, 0.717) is 11.3 Å². The molecule has 0 aliphatic heterocycles. The summed E-state index contributed by atoms with van der Waals surface area (Å²) >= 11 is 0. The van der Waals surface area contributed by atoms with E-state index in [1.165, 1.54) is 0 Å². The van der Waals surface area contributed by atoms with Gasteiger partial charge in [0, 0.05) is 0 Å². The first-order chi connectivity index (χ1) is 5.00. The SMILES string of the molecule is C=C(C)/C(O)=C(C)\C(C)=C/C. The molecule has 0 rings (SSSR count). The molecule has 0 aromatic heterocycles. The fraction of sp³-hybridized carbons (Fsp3) is 0.400. The molecule has 62 valence electrons. The summed E-state index contributed by atoms with van der Waals surface area (Å²) in [4.78, 5) is 0. The molecule has 1 heteroatoms. The van der Waals surface area contributed by atoms with E-state index in [2.05, 4.69) is 6.58 Å². The van der Waals surface area contributed by atoms with Gasteiger partial charge in [-0.2, -0.15) is 0 Å². The lowest BCUT2D eigenvalue weighted by atomic mass is 10.1. The van der Waals surface area contributed by atoms with Crippen molar-refractivity contribution in [2.45, 2.75) is 27.7 Å². The number of hydrogen-bond donors (Lipinski definition) is 1. The normalized spacial score (nSPS) is 14.4. The number of rotatable bonds is 2. The summed E-state index contributed by atoms with van der Waals surface area (Å²) in [5, 5.41) is 9.44. The predicted octanol–water partition coefficient (Wildman–Crippen LogP) is 3.36. The molecule has 0 aliphatic carbocycles. The molecular weight excluding hydrogens is 136 g/mol. The highest BCUT2D eigenvalue weighted by Crippen LogP contribution is 2.16. The van der Waals surface area contributed by atoms with Gasteiger partial charge in [0.15, 0.2) is 0 Å². The molecule has 0 heterocycles. The van der Waals surface area contributed by atoms with Crippen LogP contribution in [0.5, 0.6) is 0 Å². The Balaban J connectivity index is 4.81. The molecule has 0 aliphatic rings. The fourth-order valence-corrected chi connectivity index (χ4v) is 0.723. The molecule has 0 atom stereocenters. The van der Waals surface area contributed by atoms with Gasteiger partial charge in [0.1, 0.15) is 5.76 Å². The molecule has 1 nitrogen and oxygen atoms in total. The largest absolute Gasteiger partial charge is 0.507 e. The first kappa shape index (κ1) is 10.0. The second-order valence-electron chi connectivity index (χ2n) is 2.73. The second-order valence-corrected chi connectivity index (χ2v) is 2.73. The van der Waals surface area contributed by atoms with Crippen LogP contribution in [-0.4, -0.2) is 5.11 Å². The minimum Gasteiger partial charge on any atom is -0.507 e. The van der Waals surface area contributed by atoms with E-state index in [-0.39, 0.29) is 0 Å². The Morgan fingerprint density at radius 2 is 1.73 bits per heavy atom. The van der Waals surface area contributed by atoms with Crippen LogP contribution in [0.15, 0.2) is 35.1 Å². The van der Waals surface area contributed by atoms with Gasteiger partial charge < -0.3 is 5.11 Å². The van der Waals surface area contributed by atoms with Gasteiger partial charge in [-0.05, 0) is 44.4 Å². The summed E-state index contributed by atoms with van der Waals surface area (Å²) in [6.07, 6.45) is 1.97. The summed E-state index contributed by atoms with van der Waals surface area (Å²) in [7, 11) is 0. The second kappa shape index (κ2) is 4.02. The van der Waals surface area contributed by atoms with Crippen LogP contribution in [0, 0.1) is 0 Å². The molecule has 0 saturated heterocycles.